The molecule has 8 nitrogen and oxygen atoms in total. The first kappa shape index (κ1) is 32.8. The molecule has 1 saturated carbocycles. The zero-order valence-corrected chi connectivity index (χ0v) is 26.3. The van der Waals surface area contributed by atoms with Crippen molar-refractivity contribution in [1.82, 2.24) is 16.0 Å². The Hall–Kier alpha value is -3.10. The van der Waals surface area contributed by atoms with E-state index in [1.807, 2.05) is 50.2 Å². The molecule has 2 aliphatic rings. The Labute approximate surface area is 263 Å². The van der Waals surface area contributed by atoms with E-state index in [2.05, 4.69) is 16.0 Å². The minimum Gasteiger partial charge on any atom is -0.436 e. The van der Waals surface area contributed by atoms with Gasteiger partial charge >= 0.3 is 6.09 Å². The number of carbonyl (C=O) groups excluding carboxylic acids is 4. The topological polar surface area (TPSA) is 114 Å². The van der Waals surface area contributed by atoms with E-state index in [0.717, 1.165) is 37.7 Å². The van der Waals surface area contributed by atoms with Crippen LogP contribution in [0.2, 0.25) is 10.0 Å². The molecule has 0 radical (unpaired) electrons. The molecule has 232 valence electrons. The Bertz CT molecular complexity index is 1300. The van der Waals surface area contributed by atoms with Gasteiger partial charge in [-0.25, -0.2) is 4.79 Å². The lowest BCUT2D eigenvalue weighted by atomic mass is 9.75. The van der Waals surface area contributed by atoms with Crippen LogP contribution in [0.25, 0.3) is 0 Å². The van der Waals surface area contributed by atoms with Crippen molar-refractivity contribution in [3.8, 4) is 0 Å². The fourth-order valence-corrected chi connectivity index (χ4v) is 6.66. The summed E-state index contributed by atoms with van der Waals surface area (Å²) in [4.78, 5) is 51.1. The summed E-state index contributed by atoms with van der Waals surface area (Å²) in [6.45, 7) is 4.51. The maximum absolute atomic E-state index is 13.6. The molecule has 1 unspecified atom stereocenters. The van der Waals surface area contributed by atoms with Gasteiger partial charge in [-0.15, -0.1) is 0 Å². The minimum absolute atomic E-state index is 0.122. The average Bonchev–Trinajstić information content (AvgIpc) is 3.39. The van der Waals surface area contributed by atoms with E-state index in [-0.39, 0.29) is 24.2 Å². The molecule has 10 heteroatoms. The standard InChI is InChI=1S/C33H41Cl2N3O5/c1-33(2,23-11-8-12-24(34)19-23)29(26-13-6-7-14-27(26)35)38-32(42)43-28(17-21-9-4-3-5-10-21)31(41)37-25(20-39)18-22-15-16-36-30(22)40/h6-8,11-14,19-22,25,28-29H,3-5,9-10,15-18H2,1-2H3,(H,36,40)(H,37,41)(H,38,42)/t22-,25-,28-,29?/m0/s1. The first-order chi connectivity index (χ1) is 20.6. The van der Waals surface area contributed by atoms with Crippen LogP contribution in [0.1, 0.15) is 82.4 Å². The van der Waals surface area contributed by atoms with Crippen LogP contribution in [-0.2, 0) is 24.5 Å². The Balaban J connectivity index is 1.55. The number of aldehydes is 1. The summed E-state index contributed by atoms with van der Waals surface area (Å²) in [5.74, 6) is -0.792. The highest BCUT2D eigenvalue weighted by Crippen LogP contribution is 2.40. The van der Waals surface area contributed by atoms with Crippen molar-refractivity contribution in [2.24, 2.45) is 11.8 Å². The number of carbonyl (C=O) groups is 4. The van der Waals surface area contributed by atoms with Crippen molar-refractivity contribution in [3.63, 3.8) is 0 Å². The van der Waals surface area contributed by atoms with E-state index in [9.17, 15) is 19.2 Å². The highest BCUT2D eigenvalue weighted by atomic mass is 35.5. The SMILES string of the molecule is CC(C)(c1cccc(Cl)c1)C(NC(=O)O[C@@H](CC1CCCCC1)C(=O)N[C@H](C=O)C[C@@H]1CCNC1=O)c1ccccc1Cl. The number of rotatable bonds is 12. The minimum atomic E-state index is -1.11. The van der Waals surface area contributed by atoms with Crippen molar-refractivity contribution in [2.75, 3.05) is 6.54 Å². The normalized spacial score (nSPS) is 19.5. The van der Waals surface area contributed by atoms with Gasteiger partial charge in [0.1, 0.15) is 6.29 Å². The average molecular weight is 631 g/mol. The number of amides is 3. The second kappa shape index (κ2) is 15.1. The number of hydrogen-bond donors (Lipinski definition) is 3. The van der Waals surface area contributed by atoms with Gasteiger partial charge in [0.05, 0.1) is 12.1 Å². The smallest absolute Gasteiger partial charge is 0.408 e. The van der Waals surface area contributed by atoms with Gasteiger partial charge in [0.15, 0.2) is 6.10 Å². The molecule has 0 bridgehead atoms. The van der Waals surface area contributed by atoms with Crippen LogP contribution in [0.4, 0.5) is 4.79 Å². The molecule has 3 amide bonds. The van der Waals surface area contributed by atoms with Crippen molar-refractivity contribution < 1.29 is 23.9 Å². The van der Waals surface area contributed by atoms with Crippen molar-refractivity contribution in [1.29, 1.82) is 0 Å². The summed E-state index contributed by atoms with van der Waals surface area (Å²) in [5.41, 5.74) is 0.891. The molecule has 43 heavy (non-hydrogen) atoms. The number of hydrogen-bond acceptors (Lipinski definition) is 5. The zero-order valence-electron chi connectivity index (χ0n) is 24.7. The van der Waals surface area contributed by atoms with E-state index in [1.54, 1.807) is 12.1 Å². The Morgan fingerprint density at radius 3 is 2.42 bits per heavy atom. The van der Waals surface area contributed by atoms with E-state index < -0.39 is 35.6 Å². The van der Waals surface area contributed by atoms with Gasteiger partial charge in [0.2, 0.25) is 5.91 Å². The molecule has 1 aliphatic carbocycles. The Morgan fingerprint density at radius 1 is 1.02 bits per heavy atom. The maximum atomic E-state index is 13.6. The van der Waals surface area contributed by atoms with Crippen LogP contribution in [0.3, 0.4) is 0 Å². The van der Waals surface area contributed by atoms with Crippen LogP contribution < -0.4 is 16.0 Å². The van der Waals surface area contributed by atoms with Gasteiger partial charge in [0.25, 0.3) is 5.91 Å². The summed E-state index contributed by atoms with van der Waals surface area (Å²) in [6, 6.07) is 13.2. The molecular formula is C33H41Cl2N3O5. The largest absolute Gasteiger partial charge is 0.436 e. The van der Waals surface area contributed by atoms with Crippen LogP contribution in [-0.4, -0.2) is 42.9 Å². The third kappa shape index (κ3) is 8.73. The summed E-state index contributed by atoms with van der Waals surface area (Å²) >= 11 is 12.9. The number of halogens is 2. The van der Waals surface area contributed by atoms with Crippen LogP contribution in [0.15, 0.2) is 48.5 Å². The quantitative estimate of drug-likeness (QED) is 0.239. The molecule has 1 saturated heterocycles. The highest BCUT2D eigenvalue weighted by Gasteiger charge is 2.37. The molecular weight excluding hydrogens is 589 g/mol. The number of benzene rings is 2. The lowest BCUT2D eigenvalue weighted by Gasteiger charge is -2.36. The molecule has 3 N–H and O–H groups in total. The molecule has 0 spiro atoms. The highest BCUT2D eigenvalue weighted by molar-refractivity contribution is 6.31. The van der Waals surface area contributed by atoms with Crippen molar-refractivity contribution in [2.45, 2.75) is 88.8 Å². The Kier molecular flexibility index (Phi) is 11.5. The molecule has 0 aromatic heterocycles. The number of nitrogens with one attached hydrogen (secondary N) is 3. The number of ether oxygens (including phenoxy) is 1. The van der Waals surface area contributed by atoms with E-state index in [1.165, 1.54) is 0 Å². The second-order valence-corrected chi connectivity index (χ2v) is 13.1. The molecule has 2 aromatic carbocycles. The lowest BCUT2D eigenvalue weighted by molar-refractivity contribution is -0.133. The van der Waals surface area contributed by atoms with Gasteiger partial charge in [-0.1, -0.05) is 99.5 Å². The fraction of sp³-hybridized carbons (Fsp3) is 0.515. The van der Waals surface area contributed by atoms with E-state index >= 15 is 0 Å². The molecule has 2 aromatic rings. The van der Waals surface area contributed by atoms with Crippen LogP contribution in [0.5, 0.6) is 0 Å². The van der Waals surface area contributed by atoms with Crippen LogP contribution in [0, 0.1) is 11.8 Å². The van der Waals surface area contributed by atoms with Gasteiger partial charge in [-0.05, 0) is 54.5 Å². The van der Waals surface area contributed by atoms with Gasteiger partial charge in [-0.3, -0.25) is 9.59 Å². The first-order valence-electron chi connectivity index (χ1n) is 15.1. The monoisotopic (exact) mass is 629 g/mol. The summed E-state index contributed by atoms with van der Waals surface area (Å²) in [5, 5.41) is 9.53. The van der Waals surface area contributed by atoms with E-state index in [4.69, 9.17) is 27.9 Å². The predicted octanol–water partition coefficient (Wildman–Crippen LogP) is 6.29. The predicted molar refractivity (Wildman–Crippen MR) is 167 cm³/mol. The van der Waals surface area contributed by atoms with Crippen molar-refractivity contribution in [3.05, 3.63) is 69.7 Å². The number of alkyl carbamates (subject to hydrolysis) is 1. The summed E-state index contributed by atoms with van der Waals surface area (Å²) < 4.78 is 5.87. The molecule has 2 fully saturated rings. The molecule has 4 atom stereocenters. The maximum Gasteiger partial charge on any atom is 0.408 e. The molecule has 1 heterocycles. The molecule has 4 rings (SSSR count). The van der Waals surface area contributed by atoms with Gasteiger partial charge in [0, 0.05) is 27.9 Å². The van der Waals surface area contributed by atoms with Crippen molar-refractivity contribution >= 4 is 47.4 Å². The summed E-state index contributed by atoms with van der Waals surface area (Å²) in [6.07, 6.45) is 5.06. The summed E-state index contributed by atoms with van der Waals surface area (Å²) in [7, 11) is 0. The third-order valence-electron chi connectivity index (χ3n) is 8.78. The zero-order chi connectivity index (χ0) is 31.0. The third-order valence-corrected chi connectivity index (χ3v) is 9.36. The molecule has 1 aliphatic heterocycles. The fourth-order valence-electron chi connectivity index (χ4n) is 6.23. The lowest BCUT2D eigenvalue weighted by Crippen LogP contribution is -2.48. The van der Waals surface area contributed by atoms with Gasteiger partial charge < -0.3 is 25.5 Å². The Morgan fingerprint density at radius 2 is 1.77 bits per heavy atom. The second-order valence-electron chi connectivity index (χ2n) is 12.2. The van der Waals surface area contributed by atoms with Crippen LogP contribution >= 0.6 is 23.2 Å². The van der Waals surface area contributed by atoms with Gasteiger partial charge in [-0.2, -0.15) is 0 Å². The first-order valence-corrected chi connectivity index (χ1v) is 15.8. The van der Waals surface area contributed by atoms with E-state index in [0.29, 0.717) is 41.3 Å².